The van der Waals surface area contributed by atoms with Crippen molar-refractivity contribution in [3.05, 3.63) is 117 Å². The smallest absolute Gasteiger partial charge is 0.290 e. The Morgan fingerprint density at radius 1 is 0.968 bits per heavy atom. The first-order chi connectivity index (χ1) is 15.0. The molecule has 4 aromatic rings. The maximum Gasteiger partial charge on any atom is 0.290 e. The summed E-state index contributed by atoms with van der Waals surface area (Å²) >= 11 is 0. The van der Waals surface area contributed by atoms with Crippen molar-refractivity contribution in [2.75, 3.05) is 6.54 Å². The number of aryl methyl sites for hydroxylation is 1. The van der Waals surface area contributed by atoms with Crippen LogP contribution in [0.25, 0.3) is 11.0 Å². The summed E-state index contributed by atoms with van der Waals surface area (Å²) in [6, 6.07) is 20.5. The van der Waals surface area contributed by atoms with Gasteiger partial charge in [-0.1, -0.05) is 54.1 Å². The number of carbonyl (C=O) groups excluding carboxylic acids is 1. The van der Waals surface area contributed by atoms with Crippen LogP contribution in [0.4, 0.5) is 4.39 Å². The zero-order valence-corrected chi connectivity index (χ0v) is 17.0. The quantitative estimate of drug-likeness (QED) is 0.472. The van der Waals surface area contributed by atoms with E-state index in [9.17, 15) is 14.0 Å². The van der Waals surface area contributed by atoms with Gasteiger partial charge in [-0.25, -0.2) is 4.39 Å². The maximum absolute atomic E-state index is 14.1. The number of halogens is 1. The highest BCUT2D eigenvalue weighted by molar-refractivity contribution is 5.99. The second kappa shape index (κ2) is 7.51. The summed E-state index contributed by atoms with van der Waals surface area (Å²) in [5.74, 6) is -0.717. The van der Waals surface area contributed by atoms with Gasteiger partial charge in [-0.15, -0.1) is 0 Å². The second-order valence-corrected chi connectivity index (χ2v) is 7.87. The van der Waals surface area contributed by atoms with Crippen LogP contribution in [0.15, 0.2) is 82.0 Å². The van der Waals surface area contributed by atoms with Crippen molar-refractivity contribution in [1.29, 1.82) is 0 Å². The summed E-state index contributed by atoms with van der Waals surface area (Å²) in [7, 11) is 0. The van der Waals surface area contributed by atoms with Crippen LogP contribution in [0.1, 0.15) is 38.9 Å². The molecule has 0 aliphatic carbocycles. The minimum Gasteiger partial charge on any atom is -0.450 e. The van der Waals surface area contributed by atoms with E-state index in [2.05, 4.69) is 0 Å². The fraction of sp³-hybridized carbons (Fsp3) is 0.154. The Morgan fingerprint density at radius 3 is 2.55 bits per heavy atom. The lowest BCUT2D eigenvalue weighted by atomic mass is 9.98. The van der Waals surface area contributed by atoms with Crippen LogP contribution >= 0.6 is 0 Å². The van der Waals surface area contributed by atoms with Crippen molar-refractivity contribution in [3.63, 3.8) is 0 Å². The fourth-order valence-electron chi connectivity index (χ4n) is 4.28. The average molecular weight is 413 g/mol. The van der Waals surface area contributed by atoms with E-state index in [4.69, 9.17) is 4.42 Å². The van der Waals surface area contributed by atoms with Gasteiger partial charge in [0, 0.05) is 6.54 Å². The highest BCUT2D eigenvalue weighted by Crippen LogP contribution is 2.38. The summed E-state index contributed by atoms with van der Waals surface area (Å²) in [6.07, 6.45) is 0.610. The number of carbonyl (C=O) groups is 1. The van der Waals surface area contributed by atoms with Gasteiger partial charge >= 0.3 is 0 Å². The summed E-state index contributed by atoms with van der Waals surface area (Å²) in [6.45, 7) is 2.27. The van der Waals surface area contributed by atoms with E-state index in [1.54, 1.807) is 29.2 Å². The number of fused-ring (bicyclic) bond motifs is 2. The molecule has 1 unspecified atom stereocenters. The third-order valence-corrected chi connectivity index (χ3v) is 5.77. The lowest BCUT2D eigenvalue weighted by Gasteiger charge is -2.25. The van der Waals surface area contributed by atoms with Gasteiger partial charge in [0.05, 0.1) is 17.0 Å². The highest BCUT2D eigenvalue weighted by atomic mass is 19.1. The van der Waals surface area contributed by atoms with Crippen molar-refractivity contribution >= 4 is 16.9 Å². The Kier molecular flexibility index (Phi) is 4.66. The van der Waals surface area contributed by atoms with Crippen molar-refractivity contribution in [2.24, 2.45) is 0 Å². The molecule has 0 saturated carbocycles. The number of hydrogen-bond donors (Lipinski definition) is 0. The van der Waals surface area contributed by atoms with Crippen LogP contribution in [0, 0.1) is 12.7 Å². The number of rotatable bonds is 4. The molecule has 1 aliphatic heterocycles. The van der Waals surface area contributed by atoms with Crippen LogP contribution < -0.4 is 5.43 Å². The predicted molar refractivity (Wildman–Crippen MR) is 117 cm³/mol. The molecule has 1 aromatic heterocycles. The molecule has 0 N–H and O–H groups in total. The van der Waals surface area contributed by atoms with E-state index < -0.39 is 11.9 Å². The van der Waals surface area contributed by atoms with Gasteiger partial charge in [0.25, 0.3) is 5.91 Å². The van der Waals surface area contributed by atoms with Crippen LogP contribution in [0.5, 0.6) is 0 Å². The SMILES string of the molecule is Cc1ccc2oc3c(c(=O)c2c1)C(c1cccc(F)c1)N(CCc1ccccc1)C3=O. The van der Waals surface area contributed by atoms with Gasteiger partial charge < -0.3 is 9.32 Å². The molecule has 4 nitrogen and oxygen atoms in total. The third kappa shape index (κ3) is 3.32. The predicted octanol–water partition coefficient (Wildman–Crippen LogP) is 5.03. The van der Waals surface area contributed by atoms with Crippen molar-refractivity contribution < 1.29 is 13.6 Å². The molecule has 31 heavy (non-hydrogen) atoms. The third-order valence-electron chi connectivity index (χ3n) is 5.77. The number of nitrogens with zero attached hydrogens (tertiary/aromatic N) is 1. The zero-order chi connectivity index (χ0) is 21.5. The zero-order valence-electron chi connectivity index (χ0n) is 17.0. The molecule has 0 spiro atoms. The van der Waals surface area contributed by atoms with E-state index in [0.717, 1.165) is 11.1 Å². The molecule has 154 valence electrons. The van der Waals surface area contributed by atoms with Gasteiger partial charge in [-0.3, -0.25) is 9.59 Å². The van der Waals surface area contributed by atoms with E-state index in [-0.39, 0.29) is 22.7 Å². The molecular weight excluding hydrogens is 393 g/mol. The second-order valence-electron chi connectivity index (χ2n) is 7.87. The number of benzene rings is 3. The minimum atomic E-state index is -0.692. The molecule has 1 amide bonds. The van der Waals surface area contributed by atoms with E-state index >= 15 is 0 Å². The molecule has 0 fully saturated rings. The molecule has 3 aromatic carbocycles. The van der Waals surface area contributed by atoms with Crippen LogP contribution in [-0.4, -0.2) is 17.4 Å². The summed E-state index contributed by atoms with van der Waals surface area (Å²) < 4.78 is 20.0. The van der Waals surface area contributed by atoms with Crippen molar-refractivity contribution in [3.8, 4) is 0 Å². The molecule has 0 bridgehead atoms. The van der Waals surface area contributed by atoms with Gasteiger partial charge in [-0.05, 0) is 48.7 Å². The van der Waals surface area contributed by atoms with Crippen LogP contribution in [-0.2, 0) is 6.42 Å². The first-order valence-corrected chi connectivity index (χ1v) is 10.2. The minimum absolute atomic E-state index is 0.0451. The standard InChI is InChI=1S/C26H20FNO3/c1-16-10-11-21-20(14-16)24(29)22-23(18-8-5-9-19(27)15-18)28(26(30)25(22)31-21)13-12-17-6-3-2-4-7-17/h2-11,14-15,23H,12-13H2,1H3. The highest BCUT2D eigenvalue weighted by Gasteiger charge is 2.42. The summed E-state index contributed by atoms with van der Waals surface area (Å²) in [5, 5.41) is 0.429. The normalized spacial score (nSPS) is 15.5. The van der Waals surface area contributed by atoms with E-state index in [0.29, 0.717) is 29.5 Å². The molecule has 0 saturated heterocycles. The van der Waals surface area contributed by atoms with E-state index in [1.807, 2.05) is 43.3 Å². The summed E-state index contributed by atoms with van der Waals surface area (Å²) in [5.41, 5.74) is 2.97. The summed E-state index contributed by atoms with van der Waals surface area (Å²) in [4.78, 5) is 28.4. The largest absolute Gasteiger partial charge is 0.450 e. The van der Waals surface area contributed by atoms with E-state index in [1.165, 1.54) is 12.1 Å². The Morgan fingerprint density at radius 2 is 1.77 bits per heavy atom. The molecule has 2 heterocycles. The Balaban J connectivity index is 1.67. The first-order valence-electron chi connectivity index (χ1n) is 10.2. The van der Waals surface area contributed by atoms with Gasteiger partial charge in [0.15, 0.2) is 5.43 Å². The van der Waals surface area contributed by atoms with Gasteiger partial charge in [0.1, 0.15) is 11.4 Å². The molecule has 5 heteroatoms. The van der Waals surface area contributed by atoms with Crippen LogP contribution in [0.2, 0.25) is 0 Å². The lowest BCUT2D eigenvalue weighted by Crippen LogP contribution is -2.31. The van der Waals surface area contributed by atoms with Crippen molar-refractivity contribution in [1.82, 2.24) is 4.90 Å². The van der Waals surface area contributed by atoms with Crippen molar-refractivity contribution in [2.45, 2.75) is 19.4 Å². The topological polar surface area (TPSA) is 50.5 Å². The first kappa shape index (κ1) is 19.2. The average Bonchev–Trinajstić information content (AvgIpc) is 3.05. The van der Waals surface area contributed by atoms with Gasteiger partial charge in [-0.2, -0.15) is 0 Å². The monoisotopic (exact) mass is 413 g/mol. The van der Waals surface area contributed by atoms with Crippen LogP contribution in [0.3, 0.4) is 0 Å². The number of hydrogen-bond acceptors (Lipinski definition) is 3. The fourth-order valence-corrected chi connectivity index (χ4v) is 4.28. The molecule has 1 aliphatic rings. The van der Waals surface area contributed by atoms with Gasteiger partial charge in [0.2, 0.25) is 5.76 Å². The number of amides is 1. The molecule has 1 atom stereocenters. The lowest BCUT2D eigenvalue weighted by molar-refractivity contribution is 0.0730. The molecular formula is C26H20FNO3. The Bertz CT molecular complexity index is 1360. The maximum atomic E-state index is 14.1. The Hall–Kier alpha value is -3.73. The molecule has 0 radical (unpaired) electrons. The molecule has 5 rings (SSSR count). The Labute approximate surface area is 178 Å².